The fourth-order valence-electron chi connectivity index (χ4n) is 2.00. The second-order valence-corrected chi connectivity index (χ2v) is 5.37. The molecule has 1 rings (SSSR count). The van der Waals surface area contributed by atoms with Gasteiger partial charge < -0.3 is 5.73 Å². The maximum Gasteiger partial charge on any atom is 0.0297 e. The molecule has 0 amide bonds. The van der Waals surface area contributed by atoms with Gasteiger partial charge in [-0.1, -0.05) is 54.6 Å². The van der Waals surface area contributed by atoms with Gasteiger partial charge in [-0.15, -0.1) is 0 Å². The van der Waals surface area contributed by atoms with Gasteiger partial charge in [0.2, 0.25) is 0 Å². The lowest BCUT2D eigenvalue weighted by molar-refractivity contribution is 0.564. The molecule has 0 saturated carbocycles. The Bertz CT molecular complexity index is 323. The van der Waals surface area contributed by atoms with Crippen molar-refractivity contribution in [1.82, 2.24) is 0 Å². The van der Waals surface area contributed by atoms with Crippen molar-refractivity contribution >= 4 is 15.9 Å². The summed E-state index contributed by atoms with van der Waals surface area (Å²) in [6.45, 7) is 4.37. The lowest BCUT2D eigenvalue weighted by atomic mass is 9.97. The number of aryl methyl sites for hydroxylation is 1. The molecule has 90 valence electrons. The highest BCUT2D eigenvalue weighted by atomic mass is 79.9. The Morgan fingerprint density at radius 3 is 2.62 bits per heavy atom. The Kier molecular flexibility index (Phi) is 6.07. The molecular formula is C14H22BrN. The van der Waals surface area contributed by atoms with Crippen LogP contribution < -0.4 is 5.73 Å². The van der Waals surface area contributed by atoms with Crippen molar-refractivity contribution in [3.05, 3.63) is 33.8 Å². The largest absolute Gasteiger partial charge is 0.324 e. The van der Waals surface area contributed by atoms with Crippen LogP contribution in [0, 0.1) is 6.92 Å². The molecule has 0 spiro atoms. The van der Waals surface area contributed by atoms with Gasteiger partial charge in [-0.2, -0.15) is 0 Å². The van der Waals surface area contributed by atoms with Gasteiger partial charge in [0.15, 0.2) is 0 Å². The van der Waals surface area contributed by atoms with Gasteiger partial charge in [0.25, 0.3) is 0 Å². The van der Waals surface area contributed by atoms with Gasteiger partial charge in [-0.05, 0) is 36.6 Å². The molecule has 2 heteroatoms. The third-order valence-electron chi connectivity index (χ3n) is 3.00. The first-order valence-electron chi connectivity index (χ1n) is 6.16. The Balaban J connectivity index is 2.49. The van der Waals surface area contributed by atoms with Crippen LogP contribution in [0.1, 0.15) is 56.2 Å². The van der Waals surface area contributed by atoms with Crippen LogP contribution in [0.5, 0.6) is 0 Å². The number of unbranched alkanes of at least 4 members (excludes halogenated alkanes) is 3. The van der Waals surface area contributed by atoms with E-state index in [0.717, 1.165) is 10.9 Å². The second kappa shape index (κ2) is 7.08. The predicted octanol–water partition coefficient (Wildman–Crippen LogP) is 4.73. The molecule has 2 N–H and O–H groups in total. The summed E-state index contributed by atoms with van der Waals surface area (Å²) in [6, 6.07) is 6.56. The zero-order valence-electron chi connectivity index (χ0n) is 10.3. The molecule has 0 fully saturated rings. The van der Waals surface area contributed by atoms with E-state index in [9.17, 15) is 0 Å². The van der Waals surface area contributed by atoms with E-state index in [4.69, 9.17) is 5.73 Å². The highest BCUT2D eigenvalue weighted by Gasteiger charge is 2.08. The van der Waals surface area contributed by atoms with Crippen LogP contribution in [-0.4, -0.2) is 0 Å². The molecule has 1 nitrogen and oxygen atoms in total. The van der Waals surface area contributed by atoms with Crippen LogP contribution in [0.15, 0.2) is 22.7 Å². The summed E-state index contributed by atoms with van der Waals surface area (Å²) in [7, 11) is 0. The monoisotopic (exact) mass is 283 g/mol. The average molecular weight is 284 g/mol. The van der Waals surface area contributed by atoms with Crippen LogP contribution in [0.2, 0.25) is 0 Å². The third kappa shape index (κ3) is 4.26. The molecule has 16 heavy (non-hydrogen) atoms. The minimum Gasteiger partial charge on any atom is -0.324 e. The zero-order valence-corrected chi connectivity index (χ0v) is 11.9. The number of hydrogen-bond acceptors (Lipinski definition) is 1. The minimum absolute atomic E-state index is 0.199. The highest BCUT2D eigenvalue weighted by Crippen LogP contribution is 2.23. The molecule has 1 aromatic carbocycles. The minimum atomic E-state index is 0.199. The summed E-state index contributed by atoms with van der Waals surface area (Å²) in [6.07, 6.45) is 6.26. The van der Waals surface area contributed by atoms with Crippen molar-refractivity contribution in [3.8, 4) is 0 Å². The number of nitrogens with two attached hydrogens (primary N) is 1. The molecule has 0 saturated heterocycles. The SMILES string of the molecule is CCCCCCC(N)c1ccc(Br)cc1C. The van der Waals surface area contributed by atoms with E-state index in [-0.39, 0.29) is 6.04 Å². The summed E-state index contributed by atoms with van der Waals surface area (Å²) in [5.74, 6) is 0. The lowest BCUT2D eigenvalue weighted by Gasteiger charge is -2.14. The molecule has 0 aromatic heterocycles. The fourth-order valence-corrected chi connectivity index (χ4v) is 2.48. The van der Waals surface area contributed by atoms with Gasteiger partial charge in [0.1, 0.15) is 0 Å². The first-order chi connectivity index (χ1) is 7.65. The number of halogens is 1. The molecule has 1 aromatic rings. The molecule has 0 heterocycles. The lowest BCUT2D eigenvalue weighted by Crippen LogP contribution is -2.11. The summed E-state index contributed by atoms with van der Waals surface area (Å²) in [5.41, 5.74) is 8.79. The summed E-state index contributed by atoms with van der Waals surface area (Å²) in [5, 5.41) is 0. The van der Waals surface area contributed by atoms with Crippen LogP contribution >= 0.6 is 15.9 Å². The van der Waals surface area contributed by atoms with Gasteiger partial charge in [-0.25, -0.2) is 0 Å². The third-order valence-corrected chi connectivity index (χ3v) is 3.49. The molecule has 1 atom stereocenters. The smallest absolute Gasteiger partial charge is 0.0297 e. The van der Waals surface area contributed by atoms with Gasteiger partial charge in [0.05, 0.1) is 0 Å². The Labute approximate surface area is 108 Å². The van der Waals surface area contributed by atoms with E-state index in [2.05, 4.69) is 48.0 Å². The van der Waals surface area contributed by atoms with Crippen molar-refractivity contribution in [2.75, 3.05) is 0 Å². The van der Waals surface area contributed by atoms with E-state index < -0.39 is 0 Å². The van der Waals surface area contributed by atoms with E-state index in [0.29, 0.717) is 0 Å². The topological polar surface area (TPSA) is 26.0 Å². The van der Waals surface area contributed by atoms with Crippen LogP contribution in [0.4, 0.5) is 0 Å². The molecule has 0 bridgehead atoms. The van der Waals surface area contributed by atoms with E-state index in [1.54, 1.807) is 0 Å². The van der Waals surface area contributed by atoms with Crippen LogP contribution in [0.25, 0.3) is 0 Å². The van der Waals surface area contributed by atoms with Crippen LogP contribution in [0.3, 0.4) is 0 Å². The van der Waals surface area contributed by atoms with Gasteiger partial charge >= 0.3 is 0 Å². The molecule has 0 aliphatic carbocycles. The zero-order chi connectivity index (χ0) is 12.0. The summed E-state index contributed by atoms with van der Waals surface area (Å²) in [4.78, 5) is 0. The molecule has 0 aliphatic heterocycles. The highest BCUT2D eigenvalue weighted by molar-refractivity contribution is 9.10. The Morgan fingerprint density at radius 2 is 2.00 bits per heavy atom. The molecule has 0 aliphatic rings. The summed E-state index contributed by atoms with van der Waals surface area (Å²) < 4.78 is 1.13. The second-order valence-electron chi connectivity index (χ2n) is 4.46. The number of benzene rings is 1. The maximum atomic E-state index is 6.21. The van der Waals surface area contributed by atoms with E-state index >= 15 is 0 Å². The first-order valence-corrected chi connectivity index (χ1v) is 6.96. The molecule has 1 unspecified atom stereocenters. The van der Waals surface area contributed by atoms with Crippen molar-refractivity contribution < 1.29 is 0 Å². The van der Waals surface area contributed by atoms with Gasteiger partial charge in [0, 0.05) is 10.5 Å². The summed E-state index contributed by atoms with van der Waals surface area (Å²) >= 11 is 3.48. The number of hydrogen-bond donors (Lipinski definition) is 1. The normalized spacial score (nSPS) is 12.8. The molecular weight excluding hydrogens is 262 g/mol. The van der Waals surface area contributed by atoms with Crippen molar-refractivity contribution in [2.24, 2.45) is 5.73 Å². The maximum absolute atomic E-state index is 6.21. The molecule has 0 radical (unpaired) electrons. The van der Waals surface area contributed by atoms with Crippen LogP contribution in [-0.2, 0) is 0 Å². The number of rotatable bonds is 6. The van der Waals surface area contributed by atoms with E-state index in [1.165, 1.54) is 36.8 Å². The van der Waals surface area contributed by atoms with Crippen molar-refractivity contribution in [1.29, 1.82) is 0 Å². The Hall–Kier alpha value is -0.340. The van der Waals surface area contributed by atoms with E-state index in [1.807, 2.05) is 0 Å². The average Bonchev–Trinajstić information content (AvgIpc) is 2.24. The van der Waals surface area contributed by atoms with Crippen molar-refractivity contribution in [2.45, 2.75) is 52.0 Å². The standard InChI is InChI=1S/C14H22BrN/c1-3-4-5-6-7-14(16)13-9-8-12(15)10-11(13)2/h8-10,14H,3-7,16H2,1-2H3. The predicted molar refractivity (Wildman–Crippen MR) is 74.6 cm³/mol. The first kappa shape index (κ1) is 13.7. The van der Waals surface area contributed by atoms with Gasteiger partial charge in [-0.3, -0.25) is 0 Å². The quantitative estimate of drug-likeness (QED) is 0.751. The Morgan fingerprint density at radius 1 is 1.25 bits per heavy atom. The van der Waals surface area contributed by atoms with Crippen molar-refractivity contribution in [3.63, 3.8) is 0 Å². The fraction of sp³-hybridized carbons (Fsp3) is 0.571.